The number of rotatable bonds is 4. The van der Waals surface area contributed by atoms with E-state index in [4.69, 9.17) is 9.84 Å². The fraction of sp³-hybridized carbons (Fsp3) is 0.333. The van der Waals surface area contributed by atoms with E-state index in [9.17, 15) is 4.79 Å². The van der Waals surface area contributed by atoms with Crippen molar-refractivity contribution in [2.75, 3.05) is 40.4 Å². The summed E-state index contributed by atoms with van der Waals surface area (Å²) in [7, 11) is 4.18. The molecule has 5 rings (SSSR count). The summed E-state index contributed by atoms with van der Waals surface area (Å²) in [6.45, 7) is 3.27. The Hall–Kier alpha value is -2.61. The molecule has 3 heterocycles. The molecule has 6 nitrogen and oxygen atoms in total. The van der Waals surface area contributed by atoms with Gasteiger partial charge in [-0.3, -0.25) is 4.79 Å². The lowest BCUT2D eigenvalue weighted by molar-refractivity contribution is 0.0298. The zero-order chi connectivity index (χ0) is 21.4. The monoisotopic (exact) mass is 434 g/mol. The van der Waals surface area contributed by atoms with E-state index < -0.39 is 0 Å². The number of carbonyl (C=O) groups excluding carboxylic acids is 1. The molecular formula is C24H26N4O2S. The van der Waals surface area contributed by atoms with Crippen LogP contribution in [0.15, 0.2) is 53.4 Å². The molecule has 0 N–H and O–H groups in total. The van der Waals surface area contributed by atoms with Crippen LogP contribution in [0.25, 0.3) is 16.9 Å². The molecule has 2 aliphatic rings. The van der Waals surface area contributed by atoms with Gasteiger partial charge < -0.3 is 14.5 Å². The molecule has 0 unspecified atom stereocenters. The largest absolute Gasteiger partial charge is 0.378 e. The van der Waals surface area contributed by atoms with Crippen LogP contribution >= 0.6 is 11.8 Å². The summed E-state index contributed by atoms with van der Waals surface area (Å²) >= 11 is 1.81. The van der Waals surface area contributed by atoms with Crippen molar-refractivity contribution in [1.82, 2.24) is 19.6 Å². The first-order valence-corrected chi connectivity index (χ1v) is 11.6. The van der Waals surface area contributed by atoms with Crippen LogP contribution in [0.3, 0.4) is 0 Å². The Morgan fingerprint density at radius 3 is 2.61 bits per heavy atom. The smallest absolute Gasteiger partial charge is 0.274 e. The van der Waals surface area contributed by atoms with Crippen LogP contribution in [0, 0.1) is 0 Å². The Morgan fingerprint density at radius 1 is 1.10 bits per heavy atom. The number of amides is 1. The van der Waals surface area contributed by atoms with Gasteiger partial charge in [0.1, 0.15) is 0 Å². The zero-order valence-corrected chi connectivity index (χ0v) is 18.7. The number of benzene rings is 2. The van der Waals surface area contributed by atoms with Gasteiger partial charge in [-0.25, -0.2) is 4.68 Å². The van der Waals surface area contributed by atoms with Crippen LogP contribution in [0.5, 0.6) is 0 Å². The van der Waals surface area contributed by atoms with E-state index in [1.54, 1.807) is 0 Å². The van der Waals surface area contributed by atoms with Crippen LogP contribution in [-0.4, -0.2) is 65.9 Å². The SMILES string of the molecule is CN(C)Cc1cccc2c1SCc1c(C(=O)N3CCOCC3)nn(-c3ccccc3)c1-2. The molecular weight excluding hydrogens is 408 g/mol. The predicted octanol–water partition coefficient (Wildman–Crippen LogP) is 3.68. The topological polar surface area (TPSA) is 50.6 Å². The van der Waals surface area contributed by atoms with Crippen molar-refractivity contribution in [3.05, 3.63) is 65.4 Å². The Labute approximate surface area is 186 Å². The highest BCUT2D eigenvalue weighted by molar-refractivity contribution is 7.98. The molecule has 7 heteroatoms. The molecule has 1 aromatic heterocycles. The lowest BCUT2D eigenvalue weighted by atomic mass is 10.0. The molecule has 0 radical (unpaired) electrons. The van der Waals surface area contributed by atoms with E-state index in [1.807, 2.05) is 51.7 Å². The lowest BCUT2D eigenvalue weighted by Gasteiger charge is -2.27. The summed E-state index contributed by atoms with van der Waals surface area (Å²) in [5.41, 5.74) is 6.06. The molecule has 2 aliphatic heterocycles. The van der Waals surface area contributed by atoms with Gasteiger partial charge in [-0.1, -0.05) is 36.4 Å². The van der Waals surface area contributed by atoms with Gasteiger partial charge in [-0.15, -0.1) is 11.8 Å². The Bertz CT molecular complexity index is 1100. The summed E-state index contributed by atoms with van der Waals surface area (Å²) in [6, 6.07) is 16.6. The standard InChI is InChI=1S/C24H26N4O2S/c1-26(2)15-17-7-6-10-19-22-20(16-31-23(17)19)21(24(29)27-11-13-30-14-12-27)25-28(22)18-8-4-3-5-9-18/h3-10H,11-16H2,1-2H3. The Kier molecular flexibility index (Phi) is 5.56. The van der Waals surface area contributed by atoms with Gasteiger partial charge in [-0.2, -0.15) is 5.10 Å². The maximum absolute atomic E-state index is 13.4. The highest BCUT2D eigenvalue weighted by Gasteiger charge is 2.32. The fourth-order valence-corrected chi connectivity index (χ4v) is 5.46. The van der Waals surface area contributed by atoms with Gasteiger partial charge in [-0.05, 0) is 31.8 Å². The number of fused-ring (bicyclic) bond motifs is 3. The second kappa shape index (κ2) is 8.49. The van der Waals surface area contributed by atoms with Crippen molar-refractivity contribution in [2.24, 2.45) is 0 Å². The summed E-state index contributed by atoms with van der Waals surface area (Å²) in [5, 5.41) is 4.89. The molecule has 0 saturated carbocycles. The molecule has 1 fully saturated rings. The van der Waals surface area contributed by atoms with Gasteiger partial charge in [0.2, 0.25) is 0 Å². The number of hydrogen-bond donors (Lipinski definition) is 0. The summed E-state index contributed by atoms with van der Waals surface area (Å²) in [5.74, 6) is 0.744. The second-order valence-corrected chi connectivity index (χ2v) is 9.13. The third-order valence-corrected chi connectivity index (χ3v) is 6.89. The minimum atomic E-state index is 0.00253. The number of morpholine rings is 1. The van der Waals surface area contributed by atoms with E-state index in [0.717, 1.165) is 34.8 Å². The highest BCUT2D eigenvalue weighted by Crippen LogP contribution is 2.45. The van der Waals surface area contributed by atoms with E-state index >= 15 is 0 Å². The van der Waals surface area contributed by atoms with Gasteiger partial charge in [0.25, 0.3) is 5.91 Å². The molecule has 0 spiro atoms. The molecule has 160 valence electrons. The minimum Gasteiger partial charge on any atom is -0.378 e. The Morgan fingerprint density at radius 2 is 1.87 bits per heavy atom. The van der Waals surface area contributed by atoms with Crippen molar-refractivity contribution in [3.8, 4) is 16.9 Å². The molecule has 3 aromatic rings. The van der Waals surface area contributed by atoms with Crippen molar-refractivity contribution in [1.29, 1.82) is 0 Å². The molecule has 0 bridgehead atoms. The van der Waals surface area contributed by atoms with Crippen LogP contribution in [0.1, 0.15) is 21.6 Å². The number of thioether (sulfide) groups is 1. The third-order valence-electron chi connectivity index (χ3n) is 5.68. The molecule has 31 heavy (non-hydrogen) atoms. The number of para-hydroxylation sites is 1. The minimum absolute atomic E-state index is 0.00253. The zero-order valence-electron chi connectivity index (χ0n) is 17.9. The summed E-state index contributed by atoms with van der Waals surface area (Å²) < 4.78 is 7.40. The second-order valence-electron chi connectivity index (χ2n) is 8.15. The molecule has 0 atom stereocenters. The highest BCUT2D eigenvalue weighted by atomic mass is 32.2. The van der Waals surface area contributed by atoms with Gasteiger partial charge in [0.05, 0.1) is 24.6 Å². The van der Waals surface area contributed by atoms with Crippen molar-refractivity contribution in [3.63, 3.8) is 0 Å². The van der Waals surface area contributed by atoms with E-state index in [1.165, 1.54) is 10.5 Å². The predicted molar refractivity (Wildman–Crippen MR) is 123 cm³/mol. The van der Waals surface area contributed by atoms with Gasteiger partial charge in [0, 0.05) is 41.4 Å². The first kappa shape index (κ1) is 20.3. The Balaban J connectivity index is 1.67. The fourth-order valence-electron chi connectivity index (χ4n) is 4.26. The lowest BCUT2D eigenvalue weighted by Crippen LogP contribution is -2.41. The van der Waals surface area contributed by atoms with E-state index in [0.29, 0.717) is 32.0 Å². The number of ether oxygens (including phenoxy) is 1. The van der Waals surface area contributed by atoms with E-state index in [2.05, 4.69) is 37.2 Å². The number of aromatic nitrogens is 2. The van der Waals surface area contributed by atoms with Crippen molar-refractivity contribution < 1.29 is 9.53 Å². The van der Waals surface area contributed by atoms with Crippen molar-refractivity contribution >= 4 is 17.7 Å². The summed E-state index contributed by atoms with van der Waals surface area (Å²) in [6.07, 6.45) is 0. The maximum atomic E-state index is 13.4. The van der Waals surface area contributed by atoms with Gasteiger partial charge in [0.15, 0.2) is 5.69 Å². The maximum Gasteiger partial charge on any atom is 0.274 e. The van der Waals surface area contributed by atoms with Crippen LogP contribution < -0.4 is 0 Å². The third kappa shape index (κ3) is 3.78. The average Bonchev–Trinajstić information content (AvgIpc) is 3.20. The van der Waals surface area contributed by atoms with Crippen LogP contribution in [0.2, 0.25) is 0 Å². The number of hydrogen-bond acceptors (Lipinski definition) is 5. The molecule has 1 saturated heterocycles. The molecule has 1 amide bonds. The number of nitrogens with zero attached hydrogens (tertiary/aromatic N) is 4. The van der Waals surface area contributed by atoms with Gasteiger partial charge >= 0.3 is 0 Å². The van der Waals surface area contributed by atoms with Crippen LogP contribution in [-0.2, 0) is 17.0 Å². The first-order valence-electron chi connectivity index (χ1n) is 10.6. The summed E-state index contributed by atoms with van der Waals surface area (Å²) in [4.78, 5) is 18.8. The van der Waals surface area contributed by atoms with Crippen LogP contribution in [0.4, 0.5) is 0 Å². The molecule has 0 aliphatic carbocycles. The number of carbonyl (C=O) groups is 1. The quantitative estimate of drug-likeness (QED) is 0.627. The van der Waals surface area contributed by atoms with E-state index in [-0.39, 0.29) is 5.91 Å². The normalized spacial score (nSPS) is 15.6. The average molecular weight is 435 g/mol. The molecule has 2 aromatic carbocycles. The first-order chi connectivity index (χ1) is 15.1. The van der Waals surface area contributed by atoms with Crippen molar-refractivity contribution in [2.45, 2.75) is 17.2 Å².